The van der Waals surface area contributed by atoms with Crippen molar-refractivity contribution in [1.29, 1.82) is 0 Å². The van der Waals surface area contributed by atoms with Crippen molar-refractivity contribution in [3.8, 4) is 0 Å². The number of ether oxygens (including phenoxy) is 1. The van der Waals surface area contributed by atoms with Crippen LogP contribution in [0.2, 0.25) is 0 Å². The van der Waals surface area contributed by atoms with Gasteiger partial charge in [0.2, 0.25) is 0 Å². The molecule has 13 heavy (non-hydrogen) atoms. The standard InChI is InChI=1S/C10H22OS2/c1-9(2)13-8-7-11-6-5-10(3,4)12/h9,12H,5-8H2,1-4H3. The lowest BCUT2D eigenvalue weighted by Gasteiger charge is -2.16. The third-order valence-corrected chi connectivity index (χ3v) is 2.83. The summed E-state index contributed by atoms with van der Waals surface area (Å²) < 4.78 is 5.59. The van der Waals surface area contributed by atoms with Gasteiger partial charge in [-0.1, -0.05) is 27.7 Å². The maximum Gasteiger partial charge on any atom is 0.0556 e. The van der Waals surface area contributed by atoms with Crippen LogP contribution in [-0.2, 0) is 4.74 Å². The SMILES string of the molecule is CC(C)SCCOCCC(C)(C)S. The first-order valence-electron chi connectivity index (χ1n) is 4.83. The van der Waals surface area contributed by atoms with Gasteiger partial charge in [0.05, 0.1) is 6.61 Å². The van der Waals surface area contributed by atoms with Gasteiger partial charge in [-0.25, -0.2) is 0 Å². The summed E-state index contributed by atoms with van der Waals surface area (Å²) >= 11 is 6.37. The van der Waals surface area contributed by atoms with Gasteiger partial charge in [-0.15, -0.1) is 0 Å². The summed E-state index contributed by atoms with van der Waals surface area (Å²) in [6.07, 6.45) is 1.02. The van der Waals surface area contributed by atoms with Crippen LogP contribution in [0, 0.1) is 0 Å². The summed E-state index contributed by atoms with van der Waals surface area (Å²) in [6, 6.07) is 0. The summed E-state index contributed by atoms with van der Waals surface area (Å²) in [5, 5.41) is 0.713. The number of thioether (sulfide) groups is 1. The smallest absolute Gasteiger partial charge is 0.0556 e. The predicted molar refractivity (Wildman–Crippen MR) is 66.1 cm³/mol. The molecule has 0 amide bonds. The fourth-order valence-electron chi connectivity index (χ4n) is 0.767. The molecule has 0 aromatic heterocycles. The van der Waals surface area contributed by atoms with E-state index in [2.05, 4.69) is 40.3 Å². The zero-order valence-corrected chi connectivity index (χ0v) is 10.9. The van der Waals surface area contributed by atoms with E-state index in [1.165, 1.54) is 0 Å². The zero-order valence-electron chi connectivity index (χ0n) is 9.17. The Morgan fingerprint density at radius 1 is 1.31 bits per heavy atom. The molecule has 0 aromatic rings. The summed E-state index contributed by atoms with van der Waals surface area (Å²) in [7, 11) is 0. The zero-order chi connectivity index (χ0) is 10.3. The van der Waals surface area contributed by atoms with Crippen LogP contribution < -0.4 is 0 Å². The van der Waals surface area contributed by atoms with Crippen molar-refractivity contribution in [1.82, 2.24) is 0 Å². The van der Waals surface area contributed by atoms with Crippen LogP contribution in [0.5, 0.6) is 0 Å². The molecule has 0 rings (SSSR count). The highest BCUT2D eigenvalue weighted by Gasteiger charge is 2.10. The first kappa shape index (κ1) is 13.7. The highest BCUT2D eigenvalue weighted by Crippen LogP contribution is 2.16. The van der Waals surface area contributed by atoms with Gasteiger partial charge in [0.25, 0.3) is 0 Å². The minimum Gasteiger partial charge on any atom is -0.381 e. The Balaban J connectivity index is 3.09. The van der Waals surface area contributed by atoms with E-state index in [4.69, 9.17) is 4.74 Å². The molecule has 0 aliphatic heterocycles. The summed E-state index contributed by atoms with van der Waals surface area (Å²) in [5.74, 6) is 1.10. The molecule has 0 aromatic carbocycles. The second-order valence-corrected chi connectivity index (χ2v) is 6.99. The lowest BCUT2D eigenvalue weighted by molar-refractivity contribution is 0.142. The van der Waals surface area contributed by atoms with Crippen molar-refractivity contribution in [2.24, 2.45) is 0 Å². The molecule has 0 saturated heterocycles. The quantitative estimate of drug-likeness (QED) is 0.523. The van der Waals surface area contributed by atoms with E-state index in [1.54, 1.807) is 0 Å². The second-order valence-electron chi connectivity index (χ2n) is 4.09. The average Bonchev–Trinajstić information content (AvgIpc) is 1.93. The van der Waals surface area contributed by atoms with Crippen molar-refractivity contribution in [3.63, 3.8) is 0 Å². The van der Waals surface area contributed by atoms with Crippen molar-refractivity contribution in [3.05, 3.63) is 0 Å². The molecule has 0 saturated carbocycles. The average molecular weight is 222 g/mol. The van der Waals surface area contributed by atoms with Crippen LogP contribution in [-0.4, -0.2) is 29.0 Å². The van der Waals surface area contributed by atoms with E-state index in [9.17, 15) is 0 Å². The largest absolute Gasteiger partial charge is 0.381 e. The van der Waals surface area contributed by atoms with Crippen LogP contribution in [0.4, 0.5) is 0 Å². The van der Waals surface area contributed by atoms with Crippen LogP contribution in [0.3, 0.4) is 0 Å². The van der Waals surface area contributed by atoms with Gasteiger partial charge in [-0.2, -0.15) is 24.4 Å². The monoisotopic (exact) mass is 222 g/mol. The lowest BCUT2D eigenvalue weighted by Crippen LogP contribution is -2.14. The number of hydrogen-bond acceptors (Lipinski definition) is 3. The lowest BCUT2D eigenvalue weighted by atomic mass is 10.1. The Kier molecular flexibility index (Phi) is 7.37. The number of rotatable bonds is 7. The molecule has 3 heteroatoms. The van der Waals surface area contributed by atoms with E-state index in [0.29, 0.717) is 5.25 Å². The van der Waals surface area contributed by atoms with Crippen LogP contribution >= 0.6 is 24.4 Å². The molecule has 0 aliphatic rings. The molecule has 0 heterocycles. The third-order valence-electron chi connectivity index (χ3n) is 1.54. The van der Waals surface area contributed by atoms with Crippen molar-refractivity contribution in [2.45, 2.75) is 44.1 Å². The minimum atomic E-state index is 0.102. The molecule has 0 radical (unpaired) electrons. The normalized spacial score (nSPS) is 12.5. The van der Waals surface area contributed by atoms with Gasteiger partial charge in [0, 0.05) is 17.1 Å². The van der Waals surface area contributed by atoms with E-state index >= 15 is 0 Å². The molecule has 0 N–H and O–H groups in total. The maximum absolute atomic E-state index is 5.49. The Morgan fingerprint density at radius 2 is 1.92 bits per heavy atom. The van der Waals surface area contributed by atoms with E-state index in [-0.39, 0.29) is 4.75 Å². The van der Waals surface area contributed by atoms with Gasteiger partial charge < -0.3 is 4.74 Å². The van der Waals surface area contributed by atoms with E-state index < -0.39 is 0 Å². The Hall–Kier alpha value is 0.660. The Labute approximate surface area is 92.4 Å². The molecular weight excluding hydrogens is 200 g/mol. The molecule has 0 bridgehead atoms. The first-order chi connectivity index (χ1) is 5.92. The van der Waals surface area contributed by atoms with Crippen LogP contribution in [0.15, 0.2) is 0 Å². The van der Waals surface area contributed by atoms with Gasteiger partial charge in [-0.3, -0.25) is 0 Å². The molecule has 1 nitrogen and oxygen atoms in total. The summed E-state index contributed by atoms with van der Waals surface area (Å²) in [5.41, 5.74) is 0. The Bertz CT molecular complexity index is 119. The highest BCUT2D eigenvalue weighted by molar-refractivity contribution is 7.99. The number of thiol groups is 1. The van der Waals surface area contributed by atoms with Gasteiger partial charge in [-0.05, 0) is 11.7 Å². The molecule has 0 unspecified atom stereocenters. The number of hydrogen-bond donors (Lipinski definition) is 1. The molecule has 0 aliphatic carbocycles. The third kappa shape index (κ3) is 12.7. The molecule has 0 fully saturated rings. The predicted octanol–water partition coefficient (Wildman–Crippen LogP) is 3.24. The molecule has 0 spiro atoms. The second kappa shape index (κ2) is 7.02. The van der Waals surface area contributed by atoms with Gasteiger partial charge in [0.1, 0.15) is 0 Å². The van der Waals surface area contributed by atoms with Crippen LogP contribution in [0.1, 0.15) is 34.1 Å². The van der Waals surface area contributed by atoms with Crippen molar-refractivity contribution < 1.29 is 4.74 Å². The molecular formula is C10H22OS2. The molecule has 80 valence electrons. The molecule has 0 atom stereocenters. The fraction of sp³-hybridized carbons (Fsp3) is 1.00. The van der Waals surface area contributed by atoms with Gasteiger partial charge in [0.15, 0.2) is 0 Å². The van der Waals surface area contributed by atoms with Crippen LogP contribution in [0.25, 0.3) is 0 Å². The van der Waals surface area contributed by atoms with Gasteiger partial charge >= 0.3 is 0 Å². The van der Waals surface area contributed by atoms with E-state index in [0.717, 1.165) is 25.4 Å². The van der Waals surface area contributed by atoms with Crippen molar-refractivity contribution >= 4 is 24.4 Å². The highest BCUT2D eigenvalue weighted by atomic mass is 32.2. The summed E-state index contributed by atoms with van der Waals surface area (Å²) in [4.78, 5) is 0. The maximum atomic E-state index is 5.49. The van der Waals surface area contributed by atoms with Crippen molar-refractivity contribution in [2.75, 3.05) is 19.0 Å². The minimum absolute atomic E-state index is 0.102. The fourth-order valence-corrected chi connectivity index (χ4v) is 1.54. The Morgan fingerprint density at radius 3 is 2.38 bits per heavy atom. The summed E-state index contributed by atoms with van der Waals surface area (Å²) in [6.45, 7) is 10.3. The first-order valence-corrected chi connectivity index (χ1v) is 6.33. The van der Waals surface area contributed by atoms with E-state index in [1.807, 2.05) is 11.8 Å². The topological polar surface area (TPSA) is 9.23 Å².